The molecule has 0 fully saturated rings. The molecule has 0 saturated carbocycles. The SMILES string of the molecule is Oc1ccccc1C(NCCNC(c1ccccc1)c1ccc(Cl)cc1)c1ccc(Cl)cc1. The van der Waals surface area contributed by atoms with Crippen LogP contribution in [0, 0.1) is 0 Å². The van der Waals surface area contributed by atoms with E-state index in [1.807, 2.05) is 72.8 Å². The molecule has 168 valence electrons. The van der Waals surface area contributed by atoms with Gasteiger partial charge in [-0.25, -0.2) is 0 Å². The predicted molar refractivity (Wildman–Crippen MR) is 137 cm³/mol. The molecule has 0 radical (unpaired) electrons. The van der Waals surface area contributed by atoms with E-state index in [0.717, 1.165) is 28.3 Å². The number of halogens is 2. The number of hydrogen-bond acceptors (Lipinski definition) is 3. The molecule has 0 aliphatic heterocycles. The molecule has 0 aliphatic rings. The zero-order valence-corrected chi connectivity index (χ0v) is 19.6. The van der Waals surface area contributed by atoms with Crippen LogP contribution in [0.15, 0.2) is 103 Å². The molecular formula is C28H26Cl2N2O. The third-order valence-electron chi connectivity index (χ3n) is 5.61. The number of nitrogens with one attached hydrogen (secondary N) is 2. The van der Waals surface area contributed by atoms with Gasteiger partial charge in [0.25, 0.3) is 0 Å². The molecule has 4 aromatic carbocycles. The minimum Gasteiger partial charge on any atom is -0.508 e. The first-order valence-electron chi connectivity index (χ1n) is 10.9. The Balaban J connectivity index is 1.49. The van der Waals surface area contributed by atoms with E-state index < -0.39 is 0 Å². The van der Waals surface area contributed by atoms with Gasteiger partial charge in [0.15, 0.2) is 0 Å². The molecule has 4 aromatic rings. The molecule has 0 spiro atoms. The minimum absolute atomic E-state index is 0.0457. The van der Waals surface area contributed by atoms with Crippen molar-refractivity contribution in [3.05, 3.63) is 135 Å². The van der Waals surface area contributed by atoms with E-state index in [-0.39, 0.29) is 17.8 Å². The number of para-hydroxylation sites is 1. The van der Waals surface area contributed by atoms with Crippen LogP contribution in [0.2, 0.25) is 10.0 Å². The van der Waals surface area contributed by atoms with Crippen molar-refractivity contribution in [1.82, 2.24) is 10.6 Å². The van der Waals surface area contributed by atoms with Crippen LogP contribution in [-0.2, 0) is 0 Å². The Kier molecular flexibility index (Phi) is 8.03. The van der Waals surface area contributed by atoms with Gasteiger partial charge < -0.3 is 15.7 Å². The number of hydrogen-bond donors (Lipinski definition) is 3. The highest BCUT2D eigenvalue weighted by atomic mass is 35.5. The first-order chi connectivity index (χ1) is 16.1. The number of aromatic hydroxyl groups is 1. The Hall–Kier alpha value is -2.82. The van der Waals surface area contributed by atoms with Gasteiger partial charge in [0.05, 0.1) is 12.1 Å². The van der Waals surface area contributed by atoms with E-state index >= 15 is 0 Å². The van der Waals surface area contributed by atoms with Crippen molar-refractivity contribution in [2.24, 2.45) is 0 Å². The molecule has 0 bridgehead atoms. The summed E-state index contributed by atoms with van der Waals surface area (Å²) in [6, 6.07) is 33.3. The number of phenols is 1. The standard InChI is InChI=1S/C28H26Cl2N2O/c29-23-14-10-21(11-15-23)27(20-6-2-1-3-7-20)31-18-19-32-28(22-12-16-24(30)17-13-22)25-8-4-5-9-26(25)33/h1-17,27-28,31-33H,18-19H2. The monoisotopic (exact) mass is 476 g/mol. The van der Waals surface area contributed by atoms with Gasteiger partial charge in [-0.3, -0.25) is 0 Å². The van der Waals surface area contributed by atoms with E-state index in [4.69, 9.17) is 23.2 Å². The van der Waals surface area contributed by atoms with E-state index in [0.29, 0.717) is 11.6 Å². The second-order valence-corrected chi connectivity index (χ2v) is 8.72. The molecule has 0 saturated heterocycles. The Labute approximate surface area is 205 Å². The lowest BCUT2D eigenvalue weighted by Crippen LogP contribution is -2.33. The lowest BCUT2D eigenvalue weighted by Gasteiger charge is -2.23. The molecule has 4 rings (SSSR count). The predicted octanol–water partition coefficient (Wildman–Crippen LogP) is 6.76. The number of benzene rings is 4. The third-order valence-corrected chi connectivity index (χ3v) is 6.11. The van der Waals surface area contributed by atoms with Crippen molar-refractivity contribution >= 4 is 23.2 Å². The summed E-state index contributed by atoms with van der Waals surface area (Å²) in [4.78, 5) is 0. The van der Waals surface area contributed by atoms with Gasteiger partial charge in [0, 0.05) is 28.7 Å². The van der Waals surface area contributed by atoms with Gasteiger partial charge in [-0.15, -0.1) is 0 Å². The van der Waals surface area contributed by atoms with E-state index in [2.05, 4.69) is 34.9 Å². The zero-order chi connectivity index (χ0) is 23.0. The Morgan fingerprint density at radius 2 is 1.00 bits per heavy atom. The Bertz CT molecular complexity index is 1150. The van der Waals surface area contributed by atoms with Crippen LogP contribution < -0.4 is 10.6 Å². The van der Waals surface area contributed by atoms with Gasteiger partial charge in [0.2, 0.25) is 0 Å². The average molecular weight is 477 g/mol. The molecule has 3 N–H and O–H groups in total. The first kappa shape index (κ1) is 23.3. The first-order valence-corrected chi connectivity index (χ1v) is 11.7. The quantitative estimate of drug-likeness (QED) is 0.234. The van der Waals surface area contributed by atoms with Gasteiger partial charge in [-0.1, -0.05) is 96.0 Å². The van der Waals surface area contributed by atoms with Crippen molar-refractivity contribution in [3.8, 4) is 5.75 Å². The summed E-state index contributed by atoms with van der Waals surface area (Å²) < 4.78 is 0. The highest BCUT2D eigenvalue weighted by molar-refractivity contribution is 6.30. The molecular weight excluding hydrogens is 451 g/mol. The Morgan fingerprint density at radius 3 is 1.58 bits per heavy atom. The largest absolute Gasteiger partial charge is 0.508 e. The van der Waals surface area contributed by atoms with Crippen molar-refractivity contribution in [3.63, 3.8) is 0 Å². The molecule has 3 nitrogen and oxygen atoms in total. The molecule has 33 heavy (non-hydrogen) atoms. The highest BCUT2D eigenvalue weighted by Gasteiger charge is 2.18. The van der Waals surface area contributed by atoms with E-state index in [1.165, 1.54) is 5.56 Å². The smallest absolute Gasteiger partial charge is 0.120 e. The normalized spacial score (nSPS) is 12.9. The van der Waals surface area contributed by atoms with Crippen LogP contribution in [-0.4, -0.2) is 18.2 Å². The summed E-state index contributed by atoms with van der Waals surface area (Å²) >= 11 is 12.2. The van der Waals surface area contributed by atoms with Gasteiger partial charge >= 0.3 is 0 Å². The van der Waals surface area contributed by atoms with E-state index in [1.54, 1.807) is 6.07 Å². The number of phenolic OH excluding ortho intramolecular Hbond substituents is 1. The van der Waals surface area contributed by atoms with Crippen LogP contribution in [0.1, 0.15) is 34.3 Å². The fraction of sp³-hybridized carbons (Fsp3) is 0.143. The number of rotatable bonds is 9. The summed E-state index contributed by atoms with van der Waals surface area (Å²) in [6.07, 6.45) is 0. The van der Waals surface area contributed by atoms with Crippen molar-refractivity contribution < 1.29 is 5.11 Å². The van der Waals surface area contributed by atoms with Gasteiger partial charge in [0.1, 0.15) is 5.75 Å². The summed E-state index contributed by atoms with van der Waals surface area (Å²) in [5.41, 5.74) is 4.21. The lowest BCUT2D eigenvalue weighted by atomic mass is 9.97. The maximum atomic E-state index is 10.5. The van der Waals surface area contributed by atoms with Crippen molar-refractivity contribution in [2.45, 2.75) is 12.1 Å². The fourth-order valence-electron chi connectivity index (χ4n) is 3.96. The molecule has 0 aliphatic carbocycles. The van der Waals surface area contributed by atoms with Crippen LogP contribution in [0.5, 0.6) is 5.75 Å². The third kappa shape index (κ3) is 6.16. The van der Waals surface area contributed by atoms with Gasteiger partial charge in [-0.05, 0) is 47.0 Å². The Morgan fingerprint density at radius 1 is 0.545 bits per heavy atom. The molecule has 5 heteroatoms. The maximum absolute atomic E-state index is 10.5. The molecule has 0 amide bonds. The summed E-state index contributed by atoms with van der Waals surface area (Å²) in [5.74, 6) is 0.265. The summed E-state index contributed by atoms with van der Waals surface area (Å²) in [5, 5.41) is 19.1. The van der Waals surface area contributed by atoms with Crippen LogP contribution in [0.25, 0.3) is 0 Å². The van der Waals surface area contributed by atoms with Crippen LogP contribution >= 0.6 is 23.2 Å². The van der Waals surface area contributed by atoms with Crippen LogP contribution in [0.3, 0.4) is 0 Å². The maximum Gasteiger partial charge on any atom is 0.120 e. The van der Waals surface area contributed by atoms with Gasteiger partial charge in [-0.2, -0.15) is 0 Å². The van der Waals surface area contributed by atoms with E-state index in [9.17, 15) is 5.11 Å². The average Bonchev–Trinajstić information content (AvgIpc) is 2.84. The molecule has 2 unspecified atom stereocenters. The summed E-state index contributed by atoms with van der Waals surface area (Å²) in [7, 11) is 0. The minimum atomic E-state index is -0.157. The molecule has 0 heterocycles. The molecule has 2 atom stereocenters. The summed E-state index contributed by atoms with van der Waals surface area (Å²) in [6.45, 7) is 1.42. The zero-order valence-electron chi connectivity index (χ0n) is 18.1. The second-order valence-electron chi connectivity index (χ2n) is 7.85. The van der Waals surface area contributed by atoms with Crippen molar-refractivity contribution in [1.29, 1.82) is 0 Å². The topological polar surface area (TPSA) is 44.3 Å². The van der Waals surface area contributed by atoms with Crippen molar-refractivity contribution in [2.75, 3.05) is 13.1 Å². The highest BCUT2D eigenvalue weighted by Crippen LogP contribution is 2.30. The molecule has 0 aromatic heterocycles. The second kappa shape index (κ2) is 11.4. The van der Waals surface area contributed by atoms with Crippen LogP contribution in [0.4, 0.5) is 0 Å². The lowest BCUT2D eigenvalue weighted by molar-refractivity contribution is 0.455. The fourth-order valence-corrected chi connectivity index (χ4v) is 4.21.